The maximum atomic E-state index is 6.28. The largest absolute Gasteiger partial charge is 0.438 e. The minimum atomic E-state index is -1.52. The Kier molecular flexibility index (Phi) is 55.8. The first-order chi connectivity index (χ1) is 10.8. The predicted molar refractivity (Wildman–Crippen MR) is 155 cm³/mol. The van der Waals surface area contributed by atoms with E-state index in [0.29, 0.717) is 11.1 Å². The van der Waals surface area contributed by atoms with Gasteiger partial charge < -0.3 is 8.23 Å². The number of hydrogen-bond donors (Lipinski definition) is 0. The first-order valence-electron chi connectivity index (χ1n) is 9.73. The summed E-state index contributed by atoms with van der Waals surface area (Å²) in [5, 5.41) is 0. The first-order valence-corrected chi connectivity index (χ1v) is 21.4. The van der Waals surface area contributed by atoms with Gasteiger partial charge in [-0.2, -0.15) is 11.1 Å². The van der Waals surface area contributed by atoms with Gasteiger partial charge in [0.1, 0.15) is 8.83 Å². The van der Waals surface area contributed by atoms with Gasteiger partial charge in [0.05, 0.1) is 0 Å². The molecule has 0 aromatic heterocycles. The summed E-state index contributed by atoms with van der Waals surface area (Å²) in [4.78, 5) is 0. The Hall–Kier alpha value is 1.08. The Labute approximate surface area is 195 Å². The molecule has 0 spiro atoms. The van der Waals surface area contributed by atoms with Gasteiger partial charge in [-0.25, -0.2) is 0 Å². The van der Waals surface area contributed by atoms with E-state index in [0.717, 1.165) is 0 Å². The highest BCUT2D eigenvalue weighted by molar-refractivity contribution is 6.92. The van der Waals surface area contributed by atoms with E-state index in [1.165, 1.54) is 6.42 Å². The van der Waals surface area contributed by atoms with E-state index in [9.17, 15) is 0 Å². The normalized spacial score (nSPS) is 10.1. The summed E-state index contributed by atoms with van der Waals surface area (Å²) in [7, 11) is -4.59. The third kappa shape index (κ3) is 34.6. The lowest BCUT2D eigenvalue weighted by molar-refractivity contribution is 0.410. The van der Waals surface area contributed by atoms with Gasteiger partial charge in [0, 0.05) is 0 Å². The molecule has 7 heteroatoms. The molecule has 2 nitrogen and oxygen atoms in total. The van der Waals surface area contributed by atoms with Crippen molar-refractivity contribution in [3.63, 3.8) is 0 Å². The summed E-state index contributed by atoms with van der Waals surface area (Å²) in [6.45, 7) is 30.7. The van der Waals surface area contributed by atoms with E-state index in [1.54, 1.807) is 0 Å². The van der Waals surface area contributed by atoms with Crippen molar-refractivity contribution in [2.75, 3.05) is 0 Å². The summed E-state index contributed by atoms with van der Waals surface area (Å²) >= 11 is 5.14. The van der Waals surface area contributed by atoms with Crippen LogP contribution in [0.5, 0.6) is 0 Å². The van der Waals surface area contributed by atoms with Gasteiger partial charge in [-0.05, 0) is 43.8 Å². The van der Waals surface area contributed by atoms with Gasteiger partial charge in [-0.1, -0.05) is 98.1 Å². The first kappa shape index (κ1) is 51.6. The molecule has 0 aromatic carbocycles. The lowest BCUT2D eigenvalue weighted by atomic mass is 10.6. The van der Waals surface area contributed by atoms with Crippen LogP contribution < -0.4 is 0 Å². The average molecular weight is 498 g/mol. The van der Waals surface area contributed by atoms with E-state index < -0.39 is 25.9 Å². The molecule has 0 aliphatic carbocycles. The second kappa shape index (κ2) is 30.3. The molecule has 0 rings (SSSR count). The van der Waals surface area contributed by atoms with Gasteiger partial charge in [-0.3, -0.25) is 0 Å². The van der Waals surface area contributed by atoms with Crippen molar-refractivity contribution in [3.8, 4) is 0 Å². The van der Waals surface area contributed by atoms with E-state index in [1.807, 2.05) is 20.4 Å². The standard InChI is InChI=1S/C11H30O2Si3.C3H8.C2H6.CH5ClSi.4CH4/c1-10(2)15(6,7)12-14(5)13-16(8,9)11(3)4;1-3-2;1-2;1-3-2;;;;/h10-11,14H,1-9H3;3H2,1-2H3;1-2H3;3H2,1H3;4*1H4. The molecule has 0 saturated heterocycles. The summed E-state index contributed by atoms with van der Waals surface area (Å²) in [6, 6.07) is 0. The fourth-order valence-corrected chi connectivity index (χ4v) is 10.8. The van der Waals surface area contributed by atoms with Gasteiger partial charge in [0.25, 0.3) is 9.28 Å². The van der Waals surface area contributed by atoms with Gasteiger partial charge >= 0.3 is 0 Å². The molecule has 0 amide bonds. The van der Waals surface area contributed by atoms with Crippen molar-refractivity contribution in [2.24, 2.45) is 0 Å². The Balaban J connectivity index is -0.0000000483. The van der Waals surface area contributed by atoms with Crippen molar-refractivity contribution < 1.29 is 8.23 Å². The third-order valence-electron chi connectivity index (χ3n) is 3.72. The fourth-order valence-electron chi connectivity index (χ4n) is 1.15. The Morgan fingerprint density at radius 1 is 0.786 bits per heavy atom. The van der Waals surface area contributed by atoms with Gasteiger partial charge in [0.15, 0.2) is 16.6 Å². The van der Waals surface area contributed by atoms with Crippen LogP contribution in [0.25, 0.3) is 0 Å². The van der Waals surface area contributed by atoms with Crippen molar-refractivity contribution in [1.82, 2.24) is 0 Å². The Morgan fingerprint density at radius 3 is 1.04 bits per heavy atom. The van der Waals surface area contributed by atoms with Crippen LogP contribution in [-0.2, 0) is 8.23 Å². The van der Waals surface area contributed by atoms with Crippen LogP contribution in [0.1, 0.15) is 91.5 Å². The second-order valence-corrected chi connectivity index (χ2v) is 21.2. The molecule has 0 N–H and O–H groups in total. The van der Waals surface area contributed by atoms with Crippen LogP contribution in [0.2, 0.25) is 50.4 Å². The van der Waals surface area contributed by atoms with Crippen LogP contribution >= 0.6 is 11.1 Å². The molecule has 184 valence electrons. The third-order valence-corrected chi connectivity index (χ3v) is 16.8. The Morgan fingerprint density at radius 2 is 0.929 bits per heavy atom. The second-order valence-electron chi connectivity index (χ2n) is 7.29. The summed E-state index contributed by atoms with van der Waals surface area (Å²) in [6.07, 6.45) is 1.25. The fraction of sp³-hybridized carbons (Fsp3) is 1.00. The van der Waals surface area contributed by atoms with Crippen LogP contribution in [0.15, 0.2) is 0 Å². The zero-order valence-corrected chi connectivity index (χ0v) is 24.7. The summed E-state index contributed by atoms with van der Waals surface area (Å²) in [5.41, 5.74) is 1.32. The van der Waals surface area contributed by atoms with Gasteiger partial charge in [0.2, 0.25) is 0 Å². The lowest BCUT2D eigenvalue weighted by Gasteiger charge is -2.35. The minimum absolute atomic E-state index is 0. The SMILES string of the molecule is C.C.C.C.CC.CC(C)[Si](C)(C)O[SiH](C)O[Si](C)(C)C(C)C.CCC.C[SiH2]Cl. The van der Waals surface area contributed by atoms with Crippen molar-refractivity contribution in [1.29, 1.82) is 0 Å². The topological polar surface area (TPSA) is 18.5 Å². The van der Waals surface area contributed by atoms with Crippen LogP contribution in [0, 0.1) is 0 Å². The smallest absolute Gasteiger partial charge is 0.297 e. The zero-order chi connectivity index (χ0) is 20.6. The Bertz CT molecular complexity index is 229. The van der Waals surface area contributed by atoms with E-state index >= 15 is 0 Å². The van der Waals surface area contributed by atoms with Crippen molar-refractivity contribution in [3.05, 3.63) is 0 Å². The summed E-state index contributed by atoms with van der Waals surface area (Å²) < 4.78 is 12.6. The molecular weight excluding hydrogens is 432 g/mol. The van der Waals surface area contributed by atoms with E-state index in [2.05, 4.69) is 74.3 Å². The molecule has 0 unspecified atom stereocenters. The van der Waals surface area contributed by atoms with Crippen LogP contribution in [-0.4, -0.2) is 34.7 Å². The maximum Gasteiger partial charge on any atom is 0.297 e. The zero-order valence-electron chi connectivity index (χ0n) is 19.3. The molecule has 0 heterocycles. The number of rotatable bonds is 6. The van der Waals surface area contributed by atoms with Crippen molar-refractivity contribution >= 4 is 45.8 Å². The van der Waals surface area contributed by atoms with Crippen molar-refractivity contribution in [2.45, 2.75) is 142 Å². The predicted octanol–water partition coefficient (Wildman–Crippen LogP) is 9.44. The number of hydrogen-bond acceptors (Lipinski definition) is 2. The van der Waals surface area contributed by atoms with E-state index in [-0.39, 0.29) is 38.5 Å². The highest BCUT2D eigenvalue weighted by atomic mass is 35.6. The quantitative estimate of drug-likeness (QED) is 0.269. The number of halogens is 1. The highest BCUT2D eigenvalue weighted by Crippen LogP contribution is 2.26. The molecule has 0 bridgehead atoms. The minimum Gasteiger partial charge on any atom is -0.438 e. The van der Waals surface area contributed by atoms with Crippen LogP contribution in [0.3, 0.4) is 0 Å². The molecular formula is C21H65ClO2Si4. The maximum absolute atomic E-state index is 6.28. The molecule has 28 heavy (non-hydrogen) atoms. The molecule has 0 aliphatic rings. The highest BCUT2D eigenvalue weighted by Gasteiger charge is 2.34. The van der Waals surface area contributed by atoms with E-state index in [4.69, 9.17) is 19.3 Å². The summed E-state index contributed by atoms with van der Waals surface area (Å²) in [5.74, 6) is 0. The monoisotopic (exact) mass is 496 g/mol. The molecule has 0 fully saturated rings. The van der Waals surface area contributed by atoms with Gasteiger partial charge in [-0.15, -0.1) is 0 Å². The lowest BCUT2D eigenvalue weighted by Crippen LogP contribution is -2.46. The molecule has 0 aliphatic heterocycles. The molecule has 0 aromatic rings. The average Bonchev–Trinajstić information content (AvgIpc) is 2.41. The van der Waals surface area contributed by atoms with Crippen LogP contribution in [0.4, 0.5) is 0 Å². The molecule has 0 atom stereocenters. The molecule has 0 saturated carbocycles. The molecule has 0 radical (unpaired) electrons.